The predicted octanol–water partition coefficient (Wildman–Crippen LogP) is 1.96. The van der Waals surface area contributed by atoms with Gasteiger partial charge in [0.25, 0.3) is 0 Å². The van der Waals surface area contributed by atoms with E-state index in [1.54, 1.807) is 0 Å². The normalized spacial score (nSPS) is 36.5. The molecule has 2 heterocycles. The van der Waals surface area contributed by atoms with Crippen molar-refractivity contribution in [3.63, 3.8) is 0 Å². The topological polar surface area (TPSA) is 40.5 Å². The summed E-state index contributed by atoms with van der Waals surface area (Å²) >= 11 is 0. The highest BCUT2D eigenvalue weighted by atomic mass is 16.3. The third-order valence-corrected chi connectivity index (χ3v) is 4.30. The van der Waals surface area contributed by atoms with Crippen LogP contribution in [0, 0.1) is 11.3 Å². The van der Waals surface area contributed by atoms with Crippen molar-refractivity contribution in [2.75, 3.05) is 6.54 Å². The number of hydrogen-bond donors (Lipinski definition) is 1. The quantitative estimate of drug-likeness (QED) is 0.746. The summed E-state index contributed by atoms with van der Waals surface area (Å²) in [6.45, 7) is 8.57. The van der Waals surface area contributed by atoms with Gasteiger partial charge in [-0.3, -0.25) is 4.79 Å². The van der Waals surface area contributed by atoms with Crippen molar-refractivity contribution in [2.24, 2.45) is 11.3 Å². The summed E-state index contributed by atoms with van der Waals surface area (Å²) in [5, 5.41) is 10.5. The number of carbonyl (C=O) groups is 1. The van der Waals surface area contributed by atoms with Crippen LogP contribution in [0.25, 0.3) is 0 Å². The molecule has 0 aliphatic carbocycles. The SMILES string of the molecule is C=CC[C@H]1CCCC(=O)N2CC(C)(C)[C@H](O)[C@H]12. The number of aliphatic hydroxyl groups is 1. The van der Waals surface area contributed by atoms with Crippen LogP contribution >= 0.6 is 0 Å². The lowest BCUT2D eigenvalue weighted by Crippen LogP contribution is -2.43. The molecule has 0 saturated carbocycles. The summed E-state index contributed by atoms with van der Waals surface area (Å²) in [6.07, 6.45) is 4.99. The van der Waals surface area contributed by atoms with E-state index in [0.29, 0.717) is 18.9 Å². The molecule has 0 bridgehead atoms. The van der Waals surface area contributed by atoms with Crippen molar-refractivity contribution in [1.82, 2.24) is 4.90 Å². The van der Waals surface area contributed by atoms with Crippen LogP contribution in [0.1, 0.15) is 39.5 Å². The number of aliphatic hydroxyl groups excluding tert-OH is 1. The number of nitrogens with zero attached hydrogens (tertiary/aromatic N) is 1. The first-order valence-corrected chi connectivity index (χ1v) is 6.56. The second-order valence-electron chi connectivity index (χ2n) is 6.12. The van der Waals surface area contributed by atoms with E-state index in [2.05, 4.69) is 6.58 Å². The van der Waals surface area contributed by atoms with Gasteiger partial charge in [0, 0.05) is 18.4 Å². The van der Waals surface area contributed by atoms with Gasteiger partial charge in [-0.2, -0.15) is 0 Å². The highest BCUT2D eigenvalue weighted by Crippen LogP contribution is 2.42. The molecule has 1 amide bonds. The van der Waals surface area contributed by atoms with Gasteiger partial charge in [-0.1, -0.05) is 19.9 Å². The molecule has 0 aromatic rings. The number of amides is 1. The molecule has 2 fully saturated rings. The van der Waals surface area contributed by atoms with Crippen LogP contribution < -0.4 is 0 Å². The van der Waals surface area contributed by atoms with Crippen molar-refractivity contribution in [3.8, 4) is 0 Å². The van der Waals surface area contributed by atoms with Gasteiger partial charge >= 0.3 is 0 Å². The Morgan fingerprint density at radius 2 is 2.29 bits per heavy atom. The Morgan fingerprint density at radius 1 is 1.59 bits per heavy atom. The lowest BCUT2D eigenvalue weighted by molar-refractivity contribution is -0.132. The molecule has 17 heavy (non-hydrogen) atoms. The molecule has 1 N–H and O–H groups in total. The van der Waals surface area contributed by atoms with Gasteiger partial charge in [0.15, 0.2) is 0 Å². The lowest BCUT2D eigenvalue weighted by Gasteiger charge is -2.31. The minimum atomic E-state index is -0.408. The second-order valence-corrected chi connectivity index (χ2v) is 6.12. The molecule has 2 rings (SSSR count). The van der Waals surface area contributed by atoms with Crippen LogP contribution in [0.4, 0.5) is 0 Å². The maximum absolute atomic E-state index is 12.1. The van der Waals surface area contributed by atoms with Gasteiger partial charge in [-0.15, -0.1) is 6.58 Å². The van der Waals surface area contributed by atoms with Crippen molar-refractivity contribution >= 4 is 5.91 Å². The predicted molar refractivity (Wildman–Crippen MR) is 67.4 cm³/mol. The first kappa shape index (κ1) is 12.6. The van der Waals surface area contributed by atoms with E-state index in [1.165, 1.54) is 0 Å². The number of rotatable bonds is 2. The van der Waals surface area contributed by atoms with Crippen molar-refractivity contribution < 1.29 is 9.90 Å². The van der Waals surface area contributed by atoms with Crippen molar-refractivity contribution in [3.05, 3.63) is 12.7 Å². The largest absolute Gasteiger partial charge is 0.390 e. The van der Waals surface area contributed by atoms with Crippen LogP contribution in [0.5, 0.6) is 0 Å². The van der Waals surface area contributed by atoms with Crippen molar-refractivity contribution in [2.45, 2.75) is 51.7 Å². The van der Waals surface area contributed by atoms with Crippen LogP contribution in [0.3, 0.4) is 0 Å². The van der Waals surface area contributed by atoms with Gasteiger partial charge in [0.2, 0.25) is 5.91 Å². The Kier molecular flexibility index (Phi) is 3.30. The minimum absolute atomic E-state index is 0.00185. The summed E-state index contributed by atoms with van der Waals surface area (Å²) in [4.78, 5) is 14.0. The Labute approximate surface area is 103 Å². The monoisotopic (exact) mass is 237 g/mol. The Bertz CT molecular complexity index is 324. The molecule has 3 heteroatoms. The lowest BCUT2D eigenvalue weighted by atomic mass is 9.81. The molecule has 2 saturated heterocycles. The fourth-order valence-corrected chi connectivity index (χ4v) is 3.34. The Morgan fingerprint density at radius 3 is 2.94 bits per heavy atom. The molecular formula is C14H23NO2. The maximum Gasteiger partial charge on any atom is 0.222 e. The molecule has 96 valence electrons. The first-order valence-electron chi connectivity index (χ1n) is 6.56. The molecule has 2 aliphatic rings. The average Bonchev–Trinajstić information content (AvgIpc) is 2.40. The van der Waals surface area contributed by atoms with E-state index in [4.69, 9.17) is 0 Å². The van der Waals surface area contributed by atoms with Crippen molar-refractivity contribution in [1.29, 1.82) is 0 Å². The molecule has 0 radical (unpaired) electrons. The molecule has 0 aromatic heterocycles. The fourth-order valence-electron chi connectivity index (χ4n) is 3.34. The maximum atomic E-state index is 12.1. The number of hydrogen-bond acceptors (Lipinski definition) is 2. The molecule has 0 unspecified atom stereocenters. The third-order valence-electron chi connectivity index (χ3n) is 4.30. The summed E-state index contributed by atoms with van der Waals surface area (Å²) in [5.41, 5.74) is -0.183. The van der Waals surface area contributed by atoms with E-state index >= 15 is 0 Å². The van der Waals surface area contributed by atoms with E-state index in [-0.39, 0.29) is 17.4 Å². The smallest absolute Gasteiger partial charge is 0.222 e. The third kappa shape index (κ3) is 2.13. The summed E-state index contributed by atoms with van der Waals surface area (Å²) in [6, 6.07) is -0.00185. The zero-order valence-electron chi connectivity index (χ0n) is 10.9. The van der Waals surface area contributed by atoms with E-state index in [1.807, 2.05) is 24.8 Å². The van der Waals surface area contributed by atoms with E-state index < -0.39 is 6.10 Å². The van der Waals surface area contributed by atoms with E-state index in [9.17, 15) is 9.90 Å². The highest BCUT2D eigenvalue weighted by molar-refractivity contribution is 5.77. The molecule has 2 aliphatic heterocycles. The van der Waals surface area contributed by atoms with Crippen LogP contribution in [0.15, 0.2) is 12.7 Å². The minimum Gasteiger partial charge on any atom is -0.390 e. The molecule has 3 atom stereocenters. The van der Waals surface area contributed by atoms with Crippen LogP contribution in [-0.4, -0.2) is 34.6 Å². The second kappa shape index (κ2) is 4.45. The zero-order chi connectivity index (χ0) is 12.6. The number of allylic oxidation sites excluding steroid dienone is 1. The summed E-state index contributed by atoms with van der Waals surface area (Å²) < 4.78 is 0. The van der Waals surface area contributed by atoms with Crippen LogP contribution in [-0.2, 0) is 4.79 Å². The van der Waals surface area contributed by atoms with Gasteiger partial charge in [-0.05, 0) is 25.2 Å². The summed E-state index contributed by atoms with van der Waals surface area (Å²) in [5.74, 6) is 0.585. The molecule has 3 nitrogen and oxygen atoms in total. The van der Waals surface area contributed by atoms with Gasteiger partial charge in [0.1, 0.15) is 0 Å². The fraction of sp³-hybridized carbons (Fsp3) is 0.786. The Hall–Kier alpha value is -0.830. The van der Waals surface area contributed by atoms with E-state index in [0.717, 1.165) is 19.3 Å². The Balaban J connectivity index is 2.29. The average molecular weight is 237 g/mol. The first-order chi connectivity index (χ1) is 7.97. The zero-order valence-corrected chi connectivity index (χ0v) is 10.9. The van der Waals surface area contributed by atoms with Gasteiger partial charge in [-0.25, -0.2) is 0 Å². The molecular weight excluding hydrogens is 214 g/mol. The standard InChI is InChI=1S/C14H23NO2/c1-4-6-10-7-5-8-11(16)15-9-14(2,3)13(17)12(10)15/h4,10,12-13,17H,1,5-9H2,2-3H3/t10-,12-,13+/m0/s1. The van der Waals surface area contributed by atoms with Gasteiger partial charge in [0.05, 0.1) is 12.1 Å². The molecule has 0 spiro atoms. The number of carbonyl (C=O) groups excluding carboxylic acids is 1. The van der Waals surface area contributed by atoms with Gasteiger partial charge < -0.3 is 10.0 Å². The molecule has 0 aromatic carbocycles. The number of fused-ring (bicyclic) bond motifs is 1. The highest BCUT2D eigenvalue weighted by Gasteiger charge is 2.51. The van der Waals surface area contributed by atoms with Crippen LogP contribution in [0.2, 0.25) is 0 Å². The summed E-state index contributed by atoms with van der Waals surface area (Å²) in [7, 11) is 0.